The third-order valence-corrected chi connectivity index (χ3v) is 12.8. The van der Waals surface area contributed by atoms with Gasteiger partial charge in [-0.3, -0.25) is 9.59 Å². The highest BCUT2D eigenvalue weighted by molar-refractivity contribution is 5.76. The highest BCUT2D eigenvalue weighted by Gasteiger charge is 2.20. The number of aliphatic hydroxyl groups excluding tert-OH is 2. The molecule has 0 radical (unpaired) electrons. The smallest absolute Gasteiger partial charge is 0.305 e. The highest BCUT2D eigenvalue weighted by atomic mass is 16.5. The van der Waals surface area contributed by atoms with Crippen LogP contribution in [-0.2, 0) is 14.3 Å². The van der Waals surface area contributed by atoms with Gasteiger partial charge >= 0.3 is 5.97 Å². The summed E-state index contributed by atoms with van der Waals surface area (Å²) in [7, 11) is 0. The second-order valence-electron chi connectivity index (χ2n) is 18.9. The van der Waals surface area contributed by atoms with Crippen molar-refractivity contribution in [3.05, 3.63) is 12.2 Å². The van der Waals surface area contributed by atoms with Gasteiger partial charge in [0.1, 0.15) is 0 Å². The molecular weight excluding hydrogens is 755 g/mol. The third-order valence-electron chi connectivity index (χ3n) is 12.8. The van der Waals surface area contributed by atoms with Crippen LogP contribution in [0.3, 0.4) is 0 Å². The zero-order valence-electron chi connectivity index (χ0n) is 41.2. The summed E-state index contributed by atoms with van der Waals surface area (Å²) >= 11 is 0. The van der Waals surface area contributed by atoms with E-state index >= 15 is 0 Å². The van der Waals surface area contributed by atoms with Gasteiger partial charge in [0, 0.05) is 12.8 Å². The van der Waals surface area contributed by atoms with E-state index < -0.39 is 12.1 Å². The number of rotatable bonds is 51. The first-order chi connectivity index (χ1) is 30.0. The van der Waals surface area contributed by atoms with E-state index in [9.17, 15) is 19.8 Å². The number of hydrogen-bond donors (Lipinski definition) is 3. The summed E-state index contributed by atoms with van der Waals surface area (Å²) in [5.41, 5.74) is 0. The first-order valence-corrected chi connectivity index (χ1v) is 27.4. The SMILES string of the molecule is CCCCCCCCCCCCCCCCCCCCCCCC(O)C(CO)NC(=O)CCCCCCC/C=C\CCCCCOC(=O)CCCCCCCCCCCCC. The lowest BCUT2D eigenvalue weighted by molar-refractivity contribution is -0.143. The van der Waals surface area contributed by atoms with Crippen molar-refractivity contribution in [1.29, 1.82) is 0 Å². The number of allylic oxidation sites excluding steroid dienone is 2. The van der Waals surface area contributed by atoms with Crippen molar-refractivity contribution in [2.24, 2.45) is 0 Å². The van der Waals surface area contributed by atoms with Crippen LogP contribution in [0.2, 0.25) is 0 Å². The number of carbonyl (C=O) groups is 2. The van der Waals surface area contributed by atoms with E-state index in [0.29, 0.717) is 25.9 Å². The summed E-state index contributed by atoms with van der Waals surface area (Å²) in [6, 6.07) is -0.559. The summed E-state index contributed by atoms with van der Waals surface area (Å²) in [4.78, 5) is 24.5. The molecule has 0 aromatic carbocycles. The summed E-state index contributed by atoms with van der Waals surface area (Å²) in [5.74, 6) is -0.0801. The first kappa shape index (κ1) is 59.6. The molecule has 2 atom stereocenters. The minimum Gasteiger partial charge on any atom is -0.466 e. The van der Waals surface area contributed by atoms with Crippen LogP contribution < -0.4 is 5.32 Å². The van der Waals surface area contributed by atoms with Crippen molar-refractivity contribution in [2.75, 3.05) is 13.2 Å². The summed E-state index contributed by atoms with van der Waals surface area (Å²) in [6.45, 7) is 4.90. The molecule has 0 saturated carbocycles. The number of esters is 1. The number of aliphatic hydroxyl groups is 2. The van der Waals surface area contributed by atoms with E-state index in [0.717, 1.165) is 77.0 Å². The number of nitrogens with one attached hydrogen (secondary N) is 1. The van der Waals surface area contributed by atoms with Crippen LogP contribution >= 0.6 is 0 Å². The number of carbonyl (C=O) groups excluding carboxylic acids is 2. The lowest BCUT2D eigenvalue weighted by Crippen LogP contribution is -2.45. The Morgan fingerprint density at radius 1 is 0.443 bits per heavy atom. The number of unbranched alkanes of at least 4 members (excludes halogenated alkanes) is 38. The molecule has 0 bridgehead atoms. The molecule has 0 aromatic heterocycles. The Labute approximate surface area is 380 Å². The standard InChI is InChI=1S/C55H107NO5/c1-3-5-7-9-11-13-15-16-17-18-19-20-21-22-23-24-28-31-35-39-43-47-53(58)52(51-57)56-54(59)48-44-40-36-32-29-25-26-30-34-38-42-46-50-61-55(60)49-45-41-37-33-27-14-12-10-8-6-4-2/h26,30,52-53,57-58H,3-25,27-29,31-51H2,1-2H3,(H,56,59)/b30-26-. The lowest BCUT2D eigenvalue weighted by Gasteiger charge is -2.22. The fraction of sp³-hybridized carbons (Fsp3) is 0.927. The molecule has 6 nitrogen and oxygen atoms in total. The maximum Gasteiger partial charge on any atom is 0.305 e. The largest absolute Gasteiger partial charge is 0.466 e. The molecule has 3 N–H and O–H groups in total. The molecule has 0 aliphatic rings. The van der Waals surface area contributed by atoms with Gasteiger partial charge in [0.05, 0.1) is 25.4 Å². The Bertz CT molecular complexity index is 909. The van der Waals surface area contributed by atoms with Gasteiger partial charge in [0.15, 0.2) is 0 Å². The normalized spacial score (nSPS) is 12.7. The van der Waals surface area contributed by atoms with E-state index in [1.165, 1.54) is 193 Å². The van der Waals surface area contributed by atoms with E-state index in [1.54, 1.807) is 0 Å². The Hall–Kier alpha value is -1.40. The quantitative estimate of drug-likeness (QED) is 0.0322. The molecule has 1 amide bonds. The van der Waals surface area contributed by atoms with Gasteiger partial charge in [-0.1, -0.05) is 244 Å². The number of ether oxygens (including phenoxy) is 1. The maximum absolute atomic E-state index is 12.5. The second kappa shape index (κ2) is 51.2. The number of amides is 1. The van der Waals surface area contributed by atoms with E-state index in [1.807, 2.05) is 0 Å². The fourth-order valence-electron chi connectivity index (χ4n) is 8.58. The van der Waals surface area contributed by atoms with Gasteiger partial charge in [0.2, 0.25) is 5.91 Å². The van der Waals surface area contributed by atoms with Gasteiger partial charge in [0.25, 0.3) is 0 Å². The molecule has 362 valence electrons. The van der Waals surface area contributed by atoms with Crippen LogP contribution in [0.4, 0.5) is 0 Å². The van der Waals surface area contributed by atoms with E-state index in [-0.39, 0.29) is 18.5 Å². The minimum absolute atomic E-state index is 0.0223. The molecule has 0 spiro atoms. The number of hydrogen-bond acceptors (Lipinski definition) is 5. The van der Waals surface area contributed by atoms with Crippen molar-refractivity contribution in [1.82, 2.24) is 5.32 Å². The van der Waals surface area contributed by atoms with Crippen LogP contribution in [0.1, 0.15) is 303 Å². The van der Waals surface area contributed by atoms with Crippen molar-refractivity contribution < 1.29 is 24.5 Å². The summed E-state index contributed by atoms with van der Waals surface area (Å²) in [5, 5.41) is 23.3. The molecule has 6 heteroatoms. The van der Waals surface area contributed by atoms with Gasteiger partial charge < -0.3 is 20.3 Å². The van der Waals surface area contributed by atoms with Gasteiger partial charge in [-0.2, -0.15) is 0 Å². The molecule has 0 aromatic rings. The van der Waals surface area contributed by atoms with Crippen LogP contribution in [-0.4, -0.2) is 47.4 Å². The Morgan fingerprint density at radius 2 is 0.770 bits per heavy atom. The fourth-order valence-corrected chi connectivity index (χ4v) is 8.58. The molecule has 2 unspecified atom stereocenters. The van der Waals surface area contributed by atoms with Crippen LogP contribution in [0, 0.1) is 0 Å². The molecule has 0 aliphatic carbocycles. The first-order valence-electron chi connectivity index (χ1n) is 27.4. The molecular formula is C55H107NO5. The Morgan fingerprint density at radius 3 is 1.16 bits per heavy atom. The van der Waals surface area contributed by atoms with Crippen LogP contribution in [0.25, 0.3) is 0 Å². The zero-order chi connectivity index (χ0) is 44.4. The van der Waals surface area contributed by atoms with Crippen molar-refractivity contribution >= 4 is 11.9 Å². The van der Waals surface area contributed by atoms with Gasteiger partial charge in [-0.15, -0.1) is 0 Å². The van der Waals surface area contributed by atoms with Crippen LogP contribution in [0.15, 0.2) is 12.2 Å². The van der Waals surface area contributed by atoms with Crippen molar-refractivity contribution in [3.8, 4) is 0 Å². The maximum atomic E-state index is 12.5. The van der Waals surface area contributed by atoms with Gasteiger partial charge in [-0.05, 0) is 57.8 Å². The molecule has 0 fully saturated rings. The molecule has 0 rings (SSSR count). The Balaban J connectivity index is 3.50. The van der Waals surface area contributed by atoms with Crippen molar-refractivity contribution in [2.45, 2.75) is 315 Å². The average molecular weight is 862 g/mol. The van der Waals surface area contributed by atoms with E-state index in [4.69, 9.17) is 4.74 Å². The predicted molar refractivity (Wildman–Crippen MR) is 264 cm³/mol. The molecule has 0 aliphatic heterocycles. The monoisotopic (exact) mass is 862 g/mol. The third kappa shape index (κ3) is 47.9. The molecule has 61 heavy (non-hydrogen) atoms. The average Bonchev–Trinajstić information content (AvgIpc) is 3.26. The molecule has 0 heterocycles. The summed E-state index contributed by atoms with van der Waals surface area (Å²) in [6.07, 6.45) is 59.1. The topological polar surface area (TPSA) is 95.9 Å². The lowest BCUT2D eigenvalue weighted by atomic mass is 10.0. The minimum atomic E-state index is -0.680. The predicted octanol–water partition coefficient (Wildman–Crippen LogP) is 16.5. The van der Waals surface area contributed by atoms with E-state index in [2.05, 4.69) is 31.3 Å². The Kier molecular flexibility index (Phi) is 50.1. The zero-order valence-corrected chi connectivity index (χ0v) is 41.2. The van der Waals surface area contributed by atoms with Crippen molar-refractivity contribution in [3.63, 3.8) is 0 Å². The summed E-state index contributed by atoms with van der Waals surface area (Å²) < 4.78 is 5.43. The van der Waals surface area contributed by atoms with Crippen LogP contribution in [0.5, 0.6) is 0 Å². The molecule has 0 saturated heterocycles. The highest BCUT2D eigenvalue weighted by Crippen LogP contribution is 2.17. The van der Waals surface area contributed by atoms with Gasteiger partial charge in [-0.25, -0.2) is 0 Å². The second-order valence-corrected chi connectivity index (χ2v) is 18.9.